The van der Waals surface area contributed by atoms with Crippen molar-refractivity contribution in [3.63, 3.8) is 0 Å². The van der Waals surface area contributed by atoms with Crippen molar-refractivity contribution in [2.24, 2.45) is 0 Å². The fourth-order valence-corrected chi connectivity index (χ4v) is 3.33. The summed E-state index contributed by atoms with van der Waals surface area (Å²) in [5.74, 6) is 0.944. The van der Waals surface area contributed by atoms with Crippen LogP contribution in [-0.2, 0) is 6.42 Å². The molecule has 1 N–H and O–H groups in total. The topological polar surface area (TPSA) is 61.9 Å². The van der Waals surface area contributed by atoms with Crippen LogP contribution in [0.2, 0.25) is 0 Å². The number of likely N-dealkylation sites (N-methyl/N-ethyl adjacent to an activating group) is 1. The summed E-state index contributed by atoms with van der Waals surface area (Å²) >= 11 is 0. The van der Waals surface area contributed by atoms with Crippen LogP contribution in [0, 0.1) is 6.92 Å². The first-order chi connectivity index (χ1) is 13.1. The van der Waals surface area contributed by atoms with Gasteiger partial charge in [0.15, 0.2) is 0 Å². The average Bonchev–Trinajstić information content (AvgIpc) is 3.09. The molecular formula is C22H22N4O. The first kappa shape index (κ1) is 17.2. The summed E-state index contributed by atoms with van der Waals surface area (Å²) in [5.41, 5.74) is 4.80. The van der Waals surface area contributed by atoms with Crippen molar-refractivity contribution < 1.29 is 4.79 Å². The zero-order valence-electron chi connectivity index (χ0n) is 15.6. The molecule has 2 aromatic carbocycles. The van der Waals surface area contributed by atoms with Gasteiger partial charge in [0.25, 0.3) is 5.91 Å². The lowest BCUT2D eigenvalue weighted by molar-refractivity contribution is 0.0766. The first-order valence-corrected chi connectivity index (χ1v) is 9.23. The third kappa shape index (κ3) is 3.53. The highest BCUT2D eigenvalue weighted by atomic mass is 16.2. The molecule has 4 aromatic rings. The highest BCUT2D eigenvalue weighted by molar-refractivity contribution is 5.97. The van der Waals surface area contributed by atoms with Crippen molar-refractivity contribution in [2.75, 3.05) is 13.1 Å². The molecule has 5 nitrogen and oxygen atoms in total. The van der Waals surface area contributed by atoms with Crippen LogP contribution >= 0.6 is 0 Å². The normalized spacial score (nSPS) is 11.2. The Morgan fingerprint density at radius 3 is 2.81 bits per heavy atom. The zero-order chi connectivity index (χ0) is 18.8. The van der Waals surface area contributed by atoms with Crippen LogP contribution in [0.3, 0.4) is 0 Å². The van der Waals surface area contributed by atoms with E-state index >= 15 is 0 Å². The minimum atomic E-state index is 0.0372. The highest BCUT2D eigenvalue weighted by Gasteiger charge is 2.15. The molecule has 0 saturated carbocycles. The maximum Gasteiger partial charge on any atom is 0.253 e. The maximum absolute atomic E-state index is 12.9. The Morgan fingerprint density at radius 1 is 1.11 bits per heavy atom. The molecule has 2 heterocycles. The fourth-order valence-electron chi connectivity index (χ4n) is 3.33. The number of benzene rings is 2. The van der Waals surface area contributed by atoms with E-state index < -0.39 is 0 Å². The molecular weight excluding hydrogens is 336 g/mol. The lowest BCUT2D eigenvalue weighted by Gasteiger charge is -2.20. The number of amides is 1. The molecule has 0 unspecified atom stereocenters. The van der Waals surface area contributed by atoms with E-state index in [9.17, 15) is 4.79 Å². The number of rotatable bonds is 5. The average molecular weight is 358 g/mol. The second-order valence-corrected chi connectivity index (χ2v) is 6.75. The van der Waals surface area contributed by atoms with Gasteiger partial charge in [-0.3, -0.25) is 9.78 Å². The SMILES string of the molecule is CCN(CCc1nc2ccc(C)cc2[nH]1)C(=O)c1ccc2ncccc2c1. The molecule has 2 aromatic heterocycles. The summed E-state index contributed by atoms with van der Waals surface area (Å²) < 4.78 is 0. The van der Waals surface area contributed by atoms with E-state index in [1.54, 1.807) is 6.20 Å². The van der Waals surface area contributed by atoms with Crippen LogP contribution in [0.25, 0.3) is 21.9 Å². The van der Waals surface area contributed by atoms with Crippen LogP contribution in [0.4, 0.5) is 0 Å². The van der Waals surface area contributed by atoms with Gasteiger partial charge in [-0.05, 0) is 55.8 Å². The molecule has 0 spiro atoms. The Kier molecular flexibility index (Phi) is 4.59. The van der Waals surface area contributed by atoms with Gasteiger partial charge in [0.1, 0.15) is 5.82 Å². The van der Waals surface area contributed by atoms with E-state index in [2.05, 4.69) is 34.0 Å². The van der Waals surface area contributed by atoms with E-state index in [0.29, 0.717) is 25.1 Å². The lowest BCUT2D eigenvalue weighted by atomic mass is 10.1. The Balaban J connectivity index is 1.50. The summed E-state index contributed by atoms with van der Waals surface area (Å²) in [6.07, 6.45) is 2.46. The first-order valence-electron chi connectivity index (χ1n) is 9.23. The van der Waals surface area contributed by atoms with Gasteiger partial charge in [0.2, 0.25) is 0 Å². The molecule has 0 aliphatic rings. The van der Waals surface area contributed by atoms with Crippen molar-refractivity contribution in [1.82, 2.24) is 19.9 Å². The van der Waals surface area contributed by atoms with E-state index in [-0.39, 0.29) is 5.91 Å². The molecule has 0 saturated heterocycles. The van der Waals surface area contributed by atoms with Gasteiger partial charge < -0.3 is 9.88 Å². The van der Waals surface area contributed by atoms with Crippen molar-refractivity contribution in [1.29, 1.82) is 0 Å². The molecule has 4 rings (SSSR count). The molecule has 5 heteroatoms. The Hall–Kier alpha value is -3.21. The third-order valence-corrected chi connectivity index (χ3v) is 4.82. The largest absolute Gasteiger partial charge is 0.342 e. The third-order valence-electron chi connectivity index (χ3n) is 4.82. The number of pyridine rings is 1. The number of nitrogens with zero attached hydrogens (tertiary/aromatic N) is 3. The van der Waals surface area contributed by atoms with Gasteiger partial charge >= 0.3 is 0 Å². The molecule has 0 aliphatic carbocycles. The molecule has 0 radical (unpaired) electrons. The monoisotopic (exact) mass is 358 g/mol. The van der Waals surface area contributed by atoms with Crippen molar-refractivity contribution >= 4 is 27.8 Å². The number of H-pyrrole nitrogens is 1. The molecule has 0 fully saturated rings. The maximum atomic E-state index is 12.9. The highest BCUT2D eigenvalue weighted by Crippen LogP contribution is 2.16. The number of hydrogen-bond donors (Lipinski definition) is 1. The fraction of sp³-hybridized carbons (Fsp3) is 0.227. The smallest absolute Gasteiger partial charge is 0.253 e. The number of hydrogen-bond acceptors (Lipinski definition) is 3. The lowest BCUT2D eigenvalue weighted by Crippen LogP contribution is -2.32. The van der Waals surface area contributed by atoms with E-state index in [1.807, 2.05) is 48.2 Å². The van der Waals surface area contributed by atoms with Crippen LogP contribution in [0.15, 0.2) is 54.7 Å². The second-order valence-electron chi connectivity index (χ2n) is 6.75. The predicted octanol–water partition coefficient (Wildman–Crippen LogP) is 4.12. The molecule has 0 aliphatic heterocycles. The minimum Gasteiger partial charge on any atom is -0.342 e. The summed E-state index contributed by atoms with van der Waals surface area (Å²) in [5, 5.41) is 0.979. The zero-order valence-corrected chi connectivity index (χ0v) is 15.6. The number of aromatic amines is 1. The van der Waals surface area contributed by atoms with Crippen molar-refractivity contribution in [3.8, 4) is 0 Å². The quantitative estimate of drug-likeness (QED) is 0.584. The van der Waals surface area contributed by atoms with Crippen LogP contribution in [0.1, 0.15) is 28.7 Å². The standard InChI is InChI=1S/C22H22N4O/c1-3-26(12-10-21-24-19-8-6-15(2)13-20(19)25-21)22(27)17-7-9-18-16(14-17)5-4-11-23-18/h4-9,11,13-14H,3,10,12H2,1-2H3,(H,24,25). The van der Waals surface area contributed by atoms with E-state index in [0.717, 1.165) is 27.8 Å². The molecule has 27 heavy (non-hydrogen) atoms. The van der Waals surface area contributed by atoms with Crippen LogP contribution in [0.5, 0.6) is 0 Å². The molecule has 1 amide bonds. The van der Waals surface area contributed by atoms with Crippen LogP contribution in [-0.4, -0.2) is 38.8 Å². The Labute approximate surface area is 158 Å². The number of carbonyl (C=O) groups excluding carboxylic acids is 1. The molecule has 0 bridgehead atoms. The summed E-state index contributed by atoms with van der Waals surface area (Å²) in [4.78, 5) is 27.1. The van der Waals surface area contributed by atoms with Gasteiger partial charge in [-0.25, -0.2) is 4.98 Å². The predicted molar refractivity (Wildman–Crippen MR) is 108 cm³/mol. The minimum absolute atomic E-state index is 0.0372. The van der Waals surface area contributed by atoms with Gasteiger partial charge in [0.05, 0.1) is 16.6 Å². The number of aromatic nitrogens is 3. The summed E-state index contributed by atoms with van der Waals surface area (Å²) in [6.45, 7) is 5.35. The Morgan fingerprint density at radius 2 is 1.96 bits per heavy atom. The van der Waals surface area contributed by atoms with Gasteiger partial charge in [0, 0.05) is 36.7 Å². The van der Waals surface area contributed by atoms with E-state index in [4.69, 9.17) is 0 Å². The molecule has 136 valence electrons. The van der Waals surface area contributed by atoms with Gasteiger partial charge in [-0.1, -0.05) is 12.1 Å². The number of carbonyl (C=O) groups is 1. The van der Waals surface area contributed by atoms with Gasteiger partial charge in [-0.15, -0.1) is 0 Å². The summed E-state index contributed by atoms with van der Waals surface area (Å²) in [7, 11) is 0. The van der Waals surface area contributed by atoms with Gasteiger partial charge in [-0.2, -0.15) is 0 Å². The van der Waals surface area contributed by atoms with Crippen molar-refractivity contribution in [2.45, 2.75) is 20.3 Å². The number of aryl methyl sites for hydroxylation is 1. The number of nitrogens with one attached hydrogen (secondary N) is 1. The number of fused-ring (bicyclic) bond motifs is 2. The Bertz CT molecular complexity index is 1120. The summed E-state index contributed by atoms with van der Waals surface area (Å²) in [6, 6.07) is 15.7. The number of imidazole rings is 1. The van der Waals surface area contributed by atoms with Crippen LogP contribution < -0.4 is 0 Å². The second kappa shape index (κ2) is 7.19. The molecule has 0 atom stereocenters. The van der Waals surface area contributed by atoms with Crippen molar-refractivity contribution in [3.05, 3.63) is 71.7 Å². The van der Waals surface area contributed by atoms with E-state index in [1.165, 1.54) is 5.56 Å².